The minimum atomic E-state index is -1.08. The van der Waals surface area contributed by atoms with E-state index in [1.54, 1.807) is 0 Å². The molecule has 58 valence electrons. The van der Waals surface area contributed by atoms with Gasteiger partial charge < -0.3 is 5.11 Å². The van der Waals surface area contributed by atoms with Crippen LogP contribution in [-0.4, -0.2) is 22.8 Å². The molecule has 0 aliphatic heterocycles. The van der Waals surface area contributed by atoms with Gasteiger partial charge in [0.2, 0.25) is 5.78 Å². The summed E-state index contributed by atoms with van der Waals surface area (Å²) in [6, 6.07) is 0. The van der Waals surface area contributed by atoms with E-state index in [2.05, 4.69) is 0 Å². The molecule has 0 spiro atoms. The van der Waals surface area contributed by atoms with E-state index >= 15 is 0 Å². The van der Waals surface area contributed by atoms with Gasteiger partial charge in [0.25, 0.3) is 0 Å². The molecule has 0 fully saturated rings. The summed E-state index contributed by atoms with van der Waals surface area (Å²) in [6.45, 7) is 3.01. The largest absolute Gasteiger partial charge is 0.385 e. The molecular weight excluding hydrogens is 132 g/mol. The molecule has 0 aliphatic rings. The van der Waals surface area contributed by atoms with Crippen LogP contribution in [0.4, 0.5) is 0 Å². The van der Waals surface area contributed by atoms with Gasteiger partial charge in [-0.25, -0.2) is 0 Å². The molecule has 0 saturated carbocycles. The van der Waals surface area contributed by atoms with Gasteiger partial charge in [-0.05, 0) is 6.42 Å². The number of aliphatic hydroxyl groups excluding tert-OH is 1. The third-order valence-electron chi connectivity index (χ3n) is 1.21. The molecule has 0 aromatic heterocycles. The van der Waals surface area contributed by atoms with Crippen LogP contribution in [0.1, 0.15) is 26.7 Å². The van der Waals surface area contributed by atoms with Crippen LogP contribution in [0.2, 0.25) is 0 Å². The average molecular weight is 144 g/mol. The van der Waals surface area contributed by atoms with Crippen molar-refractivity contribution in [3.05, 3.63) is 0 Å². The predicted octanol–water partition coefficient (Wildman–Crippen LogP) is 0.305. The van der Waals surface area contributed by atoms with E-state index in [-0.39, 0.29) is 0 Å². The van der Waals surface area contributed by atoms with E-state index in [9.17, 15) is 9.59 Å². The lowest BCUT2D eigenvalue weighted by molar-refractivity contribution is -0.140. The van der Waals surface area contributed by atoms with E-state index in [1.165, 1.54) is 6.92 Å². The first kappa shape index (κ1) is 9.30. The lowest BCUT2D eigenvalue weighted by Gasteiger charge is -2.03. The molecule has 0 aromatic carbocycles. The maximum Gasteiger partial charge on any atom is 0.226 e. The molecule has 0 amide bonds. The summed E-state index contributed by atoms with van der Waals surface area (Å²) in [5.41, 5.74) is 0. The summed E-state index contributed by atoms with van der Waals surface area (Å²) >= 11 is 0. The van der Waals surface area contributed by atoms with Gasteiger partial charge in [-0.15, -0.1) is 0 Å². The van der Waals surface area contributed by atoms with Gasteiger partial charge in [0.1, 0.15) is 6.10 Å². The number of hydrogen-bond donors (Lipinski definition) is 1. The van der Waals surface area contributed by atoms with Crippen molar-refractivity contribution in [1.29, 1.82) is 0 Å². The summed E-state index contributed by atoms with van der Waals surface area (Å²) < 4.78 is 0. The fourth-order valence-electron chi connectivity index (χ4n) is 0.639. The highest BCUT2D eigenvalue weighted by Gasteiger charge is 2.17. The van der Waals surface area contributed by atoms with Crippen LogP contribution < -0.4 is 0 Å². The van der Waals surface area contributed by atoms with Crippen molar-refractivity contribution >= 4 is 11.6 Å². The normalized spacial score (nSPS) is 12.7. The second-order valence-electron chi connectivity index (χ2n) is 2.22. The number of ketones is 2. The zero-order chi connectivity index (χ0) is 8.15. The van der Waals surface area contributed by atoms with Crippen LogP contribution >= 0.6 is 0 Å². The Labute approximate surface area is 60.0 Å². The van der Waals surface area contributed by atoms with Crippen molar-refractivity contribution in [2.75, 3.05) is 0 Å². The maximum atomic E-state index is 10.6. The molecule has 0 saturated heterocycles. The molecule has 1 unspecified atom stereocenters. The molecule has 0 aliphatic carbocycles. The van der Waals surface area contributed by atoms with Crippen LogP contribution in [-0.2, 0) is 9.59 Å². The molecular formula is C7H12O3. The van der Waals surface area contributed by atoms with E-state index in [0.717, 1.165) is 0 Å². The van der Waals surface area contributed by atoms with Crippen molar-refractivity contribution in [3.8, 4) is 0 Å². The van der Waals surface area contributed by atoms with Crippen molar-refractivity contribution in [2.24, 2.45) is 0 Å². The topological polar surface area (TPSA) is 54.4 Å². The van der Waals surface area contributed by atoms with Crippen LogP contribution in [0, 0.1) is 0 Å². The Hall–Kier alpha value is -0.700. The number of carbonyl (C=O) groups is 2. The van der Waals surface area contributed by atoms with E-state index < -0.39 is 17.7 Å². The van der Waals surface area contributed by atoms with Crippen LogP contribution in [0.25, 0.3) is 0 Å². The third kappa shape index (κ3) is 2.73. The van der Waals surface area contributed by atoms with Gasteiger partial charge in [-0.2, -0.15) is 0 Å². The fraction of sp³-hybridized carbons (Fsp3) is 0.714. The zero-order valence-corrected chi connectivity index (χ0v) is 6.26. The van der Waals surface area contributed by atoms with E-state index in [1.807, 2.05) is 6.92 Å². The number of aliphatic hydroxyl groups is 1. The van der Waals surface area contributed by atoms with Gasteiger partial charge >= 0.3 is 0 Å². The van der Waals surface area contributed by atoms with Crippen molar-refractivity contribution in [3.63, 3.8) is 0 Å². The Morgan fingerprint density at radius 2 is 2.00 bits per heavy atom. The first-order valence-corrected chi connectivity index (χ1v) is 3.32. The Balaban J connectivity index is 3.82. The second kappa shape index (κ2) is 4.17. The zero-order valence-electron chi connectivity index (χ0n) is 6.26. The monoisotopic (exact) mass is 144 g/mol. The van der Waals surface area contributed by atoms with Crippen LogP contribution in [0.15, 0.2) is 0 Å². The van der Waals surface area contributed by atoms with Gasteiger partial charge in [-0.1, -0.05) is 13.3 Å². The summed E-state index contributed by atoms with van der Waals surface area (Å²) in [4.78, 5) is 21.0. The van der Waals surface area contributed by atoms with E-state index in [4.69, 9.17) is 5.11 Å². The van der Waals surface area contributed by atoms with Crippen LogP contribution in [0.3, 0.4) is 0 Å². The van der Waals surface area contributed by atoms with E-state index in [0.29, 0.717) is 12.8 Å². The minimum absolute atomic E-state index is 0.373. The molecule has 10 heavy (non-hydrogen) atoms. The molecule has 0 aromatic rings. The predicted molar refractivity (Wildman–Crippen MR) is 36.6 cm³/mol. The van der Waals surface area contributed by atoms with Crippen molar-refractivity contribution in [2.45, 2.75) is 32.8 Å². The Bertz CT molecular complexity index is 140. The number of Topliss-reactive ketones (excluding diaryl/α,β-unsaturated/α-hetero) is 2. The molecule has 0 bridgehead atoms. The Morgan fingerprint density at radius 1 is 1.50 bits per heavy atom. The fourth-order valence-corrected chi connectivity index (χ4v) is 0.639. The van der Waals surface area contributed by atoms with Crippen LogP contribution in [0.5, 0.6) is 0 Å². The minimum Gasteiger partial charge on any atom is -0.385 e. The summed E-state index contributed by atoms with van der Waals surface area (Å²) in [5, 5.41) is 8.92. The Morgan fingerprint density at radius 3 is 2.30 bits per heavy atom. The first-order chi connectivity index (χ1) is 4.59. The molecule has 0 radical (unpaired) electrons. The highest BCUT2D eigenvalue weighted by molar-refractivity contribution is 6.37. The highest BCUT2D eigenvalue weighted by Crippen LogP contribution is 1.97. The molecule has 0 rings (SSSR count). The van der Waals surface area contributed by atoms with Gasteiger partial charge in [-0.3, -0.25) is 9.59 Å². The summed E-state index contributed by atoms with van der Waals surface area (Å²) in [5.74, 6) is -1.25. The number of rotatable bonds is 4. The molecule has 1 N–H and O–H groups in total. The third-order valence-corrected chi connectivity index (χ3v) is 1.21. The molecule has 0 heterocycles. The SMILES string of the molecule is CCCC(O)C(=O)C(C)=O. The van der Waals surface area contributed by atoms with Crippen molar-refractivity contribution < 1.29 is 14.7 Å². The second-order valence-corrected chi connectivity index (χ2v) is 2.22. The lowest BCUT2D eigenvalue weighted by atomic mass is 10.1. The number of hydrogen-bond acceptors (Lipinski definition) is 3. The average Bonchev–Trinajstić information content (AvgIpc) is 1.87. The van der Waals surface area contributed by atoms with Gasteiger partial charge in [0, 0.05) is 6.92 Å². The first-order valence-electron chi connectivity index (χ1n) is 3.32. The maximum absolute atomic E-state index is 10.6. The molecule has 1 atom stereocenters. The summed E-state index contributed by atoms with van der Waals surface area (Å²) in [6.07, 6.45) is 0.000926. The summed E-state index contributed by atoms with van der Waals surface area (Å²) in [7, 11) is 0. The molecule has 3 nitrogen and oxygen atoms in total. The van der Waals surface area contributed by atoms with Gasteiger partial charge in [0.05, 0.1) is 0 Å². The lowest BCUT2D eigenvalue weighted by Crippen LogP contribution is -2.26. The standard InChI is InChI=1S/C7H12O3/c1-3-4-6(9)7(10)5(2)8/h6,9H,3-4H2,1-2H3. The van der Waals surface area contributed by atoms with Gasteiger partial charge in [0.15, 0.2) is 5.78 Å². The molecule has 3 heteroatoms. The number of carbonyl (C=O) groups excluding carboxylic acids is 2. The smallest absolute Gasteiger partial charge is 0.226 e. The quantitative estimate of drug-likeness (QED) is 0.577. The van der Waals surface area contributed by atoms with Crippen molar-refractivity contribution in [1.82, 2.24) is 0 Å². The Kier molecular flexibility index (Phi) is 3.88. The highest BCUT2D eigenvalue weighted by atomic mass is 16.3.